The second kappa shape index (κ2) is 7.87. The molecule has 116 valence electrons. The molecule has 0 aliphatic heterocycles. The quantitative estimate of drug-likeness (QED) is 0.791. The van der Waals surface area contributed by atoms with Crippen LogP contribution in [0.3, 0.4) is 0 Å². The summed E-state index contributed by atoms with van der Waals surface area (Å²) in [5, 5.41) is 2.74. The number of carbonyl (C=O) groups excluding carboxylic acids is 1. The third kappa shape index (κ3) is 4.37. The number of amides is 1. The molecule has 0 saturated heterocycles. The lowest BCUT2D eigenvalue weighted by atomic mass is 10.3. The van der Waals surface area contributed by atoms with Crippen molar-refractivity contribution in [3.05, 3.63) is 48.2 Å². The van der Waals surface area contributed by atoms with Crippen molar-refractivity contribution in [3.8, 4) is 17.4 Å². The van der Waals surface area contributed by atoms with Gasteiger partial charge in [-0.25, -0.2) is 4.98 Å². The summed E-state index contributed by atoms with van der Waals surface area (Å²) in [6.07, 6.45) is 0. The lowest BCUT2D eigenvalue weighted by molar-refractivity contribution is 0.0941. The molecule has 0 bridgehead atoms. The summed E-state index contributed by atoms with van der Waals surface area (Å²) < 4.78 is 15.6. The van der Waals surface area contributed by atoms with Crippen LogP contribution < -0.4 is 19.5 Å². The van der Waals surface area contributed by atoms with Crippen LogP contribution in [-0.2, 0) is 0 Å². The normalized spacial score (nSPS) is 9.91. The number of hydrogen-bond acceptors (Lipinski definition) is 5. The van der Waals surface area contributed by atoms with Gasteiger partial charge in [0.05, 0.1) is 20.8 Å². The maximum Gasteiger partial charge on any atom is 0.270 e. The first-order valence-electron chi connectivity index (χ1n) is 6.79. The highest BCUT2D eigenvalue weighted by Gasteiger charge is 2.07. The van der Waals surface area contributed by atoms with E-state index in [9.17, 15) is 4.79 Å². The van der Waals surface area contributed by atoms with Gasteiger partial charge in [-0.05, 0) is 30.3 Å². The SMILES string of the molecule is COc1ccc(OCCNC(=O)c2cccc(OC)n2)cc1. The molecule has 1 heterocycles. The smallest absolute Gasteiger partial charge is 0.270 e. The number of benzene rings is 1. The summed E-state index contributed by atoms with van der Waals surface area (Å²) in [6, 6.07) is 12.3. The fourth-order valence-corrected chi connectivity index (χ4v) is 1.75. The van der Waals surface area contributed by atoms with Gasteiger partial charge in [0.2, 0.25) is 5.88 Å². The maximum atomic E-state index is 11.9. The van der Waals surface area contributed by atoms with Crippen molar-refractivity contribution in [2.75, 3.05) is 27.4 Å². The predicted octanol–water partition coefficient (Wildman–Crippen LogP) is 1.91. The number of aromatic nitrogens is 1. The molecule has 1 aromatic carbocycles. The number of methoxy groups -OCH3 is 2. The summed E-state index contributed by atoms with van der Waals surface area (Å²) in [7, 11) is 3.12. The molecule has 1 amide bonds. The number of nitrogens with one attached hydrogen (secondary N) is 1. The van der Waals surface area contributed by atoms with Crippen molar-refractivity contribution in [3.63, 3.8) is 0 Å². The summed E-state index contributed by atoms with van der Waals surface area (Å²) in [4.78, 5) is 16.0. The van der Waals surface area contributed by atoms with E-state index in [0.29, 0.717) is 24.7 Å². The first-order valence-corrected chi connectivity index (χ1v) is 6.79. The molecular formula is C16H18N2O4. The van der Waals surface area contributed by atoms with Gasteiger partial charge in [-0.1, -0.05) is 6.07 Å². The average molecular weight is 302 g/mol. The molecule has 0 saturated carbocycles. The highest BCUT2D eigenvalue weighted by Crippen LogP contribution is 2.16. The second-order valence-corrected chi connectivity index (χ2v) is 4.35. The number of rotatable bonds is 7. The summed E-state index contributed by atoms with van der Waals surface area (Å²) in [6.45, 7) is 0.742. The van der Waals surface area contributed by atoms with Gasteiger partial charge in [-0.3, -0.25) is 4.79 Å². The lowest BCUT2D eigenvalue weighted by Gasteiger charge is -2.08. The molecule has 0 spiro atoms. The number of ether oxygens (including phenoxy) is 3. The molecule has 2 rings (SSSR count). The van der Waals surface area contributed by atoms with Crippen LogP contribution in [0.15, 0.2) is 42.5 Å². The van der Waals surface area contributed by atoms with Crippen molar-refractivity contribution in [1.29, 1.82) is 0 Å². The van der Waals surface area contributed by atoms with E-state index in [2.05, 4.69) is 10.3 Å². The van der Waals surface area contributed by atoms with Gasteiger partial charge in [-0.2, -0.15) is 0 Å². The van der Waals surface area contributed by atoms with Crippen molar-refractivity contribution >= 4 is 5.91 Å². The largest absolute Gasteiger partial charge is 0.497 e. The minimum Gasteiger partial charge on any atom is -0.497 e. The molecule has 1 aromatic heterocycles. The van der Waals surface area contributed by atoms with E-state index in [-0.39, 0.29) is 5.91 Å². The molecule has 0 aliphatic rings. The van der Waals surface area contributed by atoms with Crippen molar-refractivity contribution < 1.29 is 19.0 Å². The Morgan fingerprint density at radius 2 is 1.77 bits per heavy atom. The Morgan fingerprint density at radius 1 is 1.05 bits per heavy atom. The van der Waals surface area contributed by atoms with Gasteiger partial charge in [0.1, 0.15) is 23.8 Å². The lowest BCUT2D eigenvalue weighted by Crippen LogP contribution is -2.28. The Kier molecular flexibility index (Phi) is 5.59. The molecule has 0 radical (unpaired) electrons. The summed E-state index contributed by atoms with van der Waals surface area (Å²) in [5.74, 6) is 1.62. The first-order chi connectivity index (χ1) is 10.7. The monoisotopic (exact) mass is 302 g/mol. The van der Waals surface area contributed by atoms with E-state index in [1.165, 1.54) is 7.11 Å². The van der Waals surface area contributed by atoms with Crippen LogP contribution in [0.2, 0.25) is 0 Å². The van der Waals surface area contributed by atoms with Gasteiger partial charge < -0.3 is 19.5 Å². The van der Waals surface area contributed by atoms with E-state index in [1.54, 1.807) is 25.3 Å². The fraction of sp³-hybridized carbons (Fsp3) is 0.250. The van der Waals surface area contributed by atoms with Crippen LogP contribution in [0.1, 0.15) is 10.5 Å². The van der Waals surface area contributed by atoms with E-state index < -0.39 is 0 Å². The Balaban J connectivity index is 1.76. The standard InChI is InChI=1S/C16H18N2O4/c1-20-12-6-8-13(9-7-12)22-11-10-17-16(19)14-4-3-5-15(18-14)21-2/h3-9H,10-11H2,1-2H3,(H,17,19). The fourth-order valence-electron chi connectivity index (χ4n) is 1.75. The van der Waals surface area contributed by atoms with Crippen molar-refractivity contribution in [2.24, 2.45) is 0 Å². The van der Waals surface area contributed by atoms with Gasteiger partial charge in [0, 0.05) is 6.07 Å². The zero-order valence-electron chi connectivity index (χ0n) is 12.5. The Morgan fingerprint density at radius 3 is 2.45 bits per heavy atom. The number of nitrogens with zero attached hydrogens (tertiary/aromatic N) is 1. The predicted molar refractivity (Wildman–Crippen MR) is 81.6 cm³/mol. The molecule has 22 heavy (non-hydrogen) atoms. The average Bonchev–Trinajstić information content (AvgIpc) is 2.59. The number of carbonyl (C=O) groups is 1. The molecule has 1 N–H and O–H groups in total. The summed E-state index contributed by atoms with van der Waals surface area (Å²) in [5.41, 5.74) is 0.309. The third-order valence-electron chi connectivity index (χ3n) is 2.88. The maximum absolute atomic E-state index is 11.9. The van der Waals surface area contributed by atoms with E-state index >= 15 is 0 Å². The molecule has 2 aromatic rings. The van der Waals surface area contributed by atoms with E-state index in [0.717, 1.165) is 11.5 Å². The van der Waals surface area contributed by atoms with Crippen LogP contribution in [0.4, 0.5) is 0 Å². The van der Waals surface area contributed by atoms with Crippen molar-refractivity contribution in [2.45, 2.75) is 0 Å². The van der Waals surface area contributed by atoms with Gasteiger partial charge in [0.15, 0.2) is 0 Å². The van der Waals surface area contributed by atoms with Crippen molar-refractivity contribution in [1.82, 2.24) is 10.3 Å². The third-order valence-corrected chi connectivity index (χ3v) is 2.88. The second-order valence-electron chi connectivity index (χ2n) is 4.35. The zero-order valence-corrected chi connectivity index (χ0v) is 12.5. The molecule has 6 nitrogen and oxygen atoms in total. The van der Waals surface area contributed by atoms with Gasteiger partial charge in [0.25, 0.3) is 5.91 Å². The van der Waals surface area contributed by atoms with Crippen LogP contribution in [0.25, 0.3) is 0 Å². The highest BCUT2D eigenvalue weighted by molar-refractivity contribution is 5.92. The number of hydrogen-bond donors (Lipinski definition) is 1. The van der Waals surface area contributed by atoms with Crippen LogP contribution in [0.5, 0.6) is 17.4 Å². The highest BCUT2D eigenvalue weighted by atomic mass is 16.5. The van der Waals surface area contributed by atoms with E-state index in [4.69, 9.17) is 14.2 Å². The minimum absolute atomic E-state index is 0.266. The van der Waals surface area contributed by atoms with E-state index in [1.807, 2.05) is 24.3 Å². The first kappa shape index (κ1) is 15.6. The molecular weight excluding hydrogens is 284 g/mol. The van der Waals surface area contributed by atoms with Gasteiger partial charge in [-0.15, -0.1) is 0 Å². The topological polar surface area (TPSA) is 69.7 Å². The molecule has 0 aliphatic carbocycles. The molecule has 0 atom stereocenters. The summed E-state index contributed by atoms with van der Waals surface area (Å²) >= 11 is 0. The molecule has 6 heteroatoms. The Hall–Kier alpha value is -2.76. The van der Waals surface area contributed by atoms with Gasteiger partial charge >= 0.3 is 0 Å². The molecule has 0 fully saturated rings. The van der Waals surface area contributed by atoms with Crippen LogP contribution >= 0.6 is 0 Å². The number of pyridine rings is 1. The Bertz CT molecular complexity index is 614. The Labute approximate surface area is 129 Å². The molecule has 0 unspecified atom stereocenters. The zero-order chi connectivity index (χ0) is 15.8. The minimum atomic E-state index is -0.266. The van der Waals surface area contributed by atoms with Crippen LogP contribution in [0, 0.1) is 0 Å². The van der Waals surface area contributed by atoms with Crippen LogP contribution in [-0.4, -0.2) is 38.3 Å².